The van der Waals surface area contributed by atoms with E-state index in [4.69, 9.17) is 0 Å². The predicted octanol–water partition coefficient (Wildman–Crippen LogP) is 4.96. The first-order valence-corrected chi connectivity index (χ1v) is 8.73. The first-order valence-electron chi connectivity index (χ1n) is 8.73. The van der Waals surface area contributed by atoms with E-state index in [0.717, 1.165) is 11.4 Å². The molecule has 0 fully saturated rings. The average Bonchev–Trinajstić information content (AvgIpc) is 3.05. The van der Waals surface area contributed by atoms with Crippen LogP contribution in [0.15, 0.2) is 66.7 Å². The Labute approximate surface area is 158 Å². The Bertz CT molecular complexity index is 969. The highest BCUT2D eigenvalue weighted by atomic mass is 19.1. The molecule has 0 radical (unpaired) electrons. The minimum atomic E-state index is -0.338. The number of nitrogens with one attached hydrogen (secondary N) is 1. The number of rotatable bonds is 4. The van der Waals surface area contributed by atoms with Gasteiger partial charge in [0.2, 0.25) is 5.91 Å². The molecule has 4 nitrogen and oxygen atoms in total. The first kappa shape index (κ1) is 18.6. The molecule has 0 unspecified atom stereocenters. The topological polar surface area (TPSA) is 46.9 Å². The lowest BCUT2D eigenvalue weighted by atomic mass is 9.92. The number of hydrogen-bond acceptors (Lipinski definition) is 2. The quantitative estimate of drug-likeness (QED) is 0.666. The molecule has 0 saturated carbocycles. The number of aromatic nitrogens is 2. The third-order valence-corrected chi connectivity index (χ3v) is 4.01. The summed E-state index contributed by atoms with van der Waals surface area (Å²) in [5, 5.41) is 7.53. The molecule has 2 aromatic carbocycles. The summed E-state index contributed by atoms with van der Waals surface area (Å²) in [6.45, 7) is 6.21. The Morgan fingerprint density at radius 2 is 1.81 bits per heavy atom. The molecule has 1 N–H and O–H groups in total. The zero-order valence-electron chi connectivity index (χ0n) is 15.6. The lowest BCUT2D eigenvalue weighted by Gasteiger charge is -2.14. The van der Waals surface area contributed by atoms with Crippen molar-refractivity contribution in [3.8, 4) is 5.69 Å². The van der Waals surface area contributed by atoms with Crippen LogP contribution in [-0.2, 0) is 10.2 Å². The summed E-state index contributed by atoms with van der Waals surface area (Å²) >= 11 is 0. The van der Waals surface area contributed by atoms with Crippen molar-refractivity contribution >= 4 is 17.8 Å². The van der Waals surface area contributed by atoms with E-state index < -0.39 is 0 Å². The van der Waals surface area contributed by atoms with Gasteiger partial charge in [-0.3, -0.25) is 4.79 Å². The molecule has 0 bridgehead atoms. The van der Waals surface area contributed by atoms with Gasteiger partial charge in [0.05, 0.1) is 11.4 Å². The highest BCUT2D eigenvalue weighted by Crippen LogP contribution is 2.26. The molecule has 1 aromatic heterocycles. The van der Waals surface area contributed by atoms with Gasteiger partial charge in [0, 0.05) is 17.6 Å². The molecule has 1 amide bonds. The zero-order valence-corrected chi connectivity index (χ0v) is 15.6. The summed E-state index contributed by atoms with van der Waals surface area (Å²) in [7, 11) is 0. The van der Waals surface area contributed by atoms with Gasteiger partial charge >= 0.3 is 0 Å². The van der Waals surface area contributed by atoms with E-state index >= 15 is 0 Å². The van der Waals surface area contributed by atoms with Crippen LogP contribution in [0, 0.1) is 5.82 Å². The van der Waals surface area contributed by atoms with Crippen LogP contribution in [-0.4, -0.2) is 15.7 Å². The number of carbonyl (C=O) groups is 1. The number of nitrogens with zero attached hydrogens (tertiary/aromatic N) is 2. The molecule has 0 atom stereocenters. The molecular formula is C22H22FN3O. The van der Waals surface area contributed by atoms with Crippen LogP contribution < -0.4 is 5.32 Å². The number of carbonyl (C=O) groups excluding carboxylic acids is 1. The maximum Gasteiger partial charge on any atom is 0.249 e. The second-order valence-electron chi connectivity index (χ2n) is 7.29. The predicted molar refractivity (Wildman–Crippen MR) is 106 cm³/mol. The maximum absolute atomic E-state index is 13.2. The molecule has 3 rings (SSSR count). The molecule has 3 aromatic rings. The molecule has 0 saturated heterocycles. The van der Waals surface area contributed by atoms with Gasteiger partial charge in [-0.05, 0) is 35.9 Å². The Morgan fingerprint density at radius 3 is 2.48 bits per heavy atom. The van der Waals surface area contributed by atoms with Gasteiger partial charge in [-0.2, -0.15) is 5.10 Å². The van der Waals surface area contributed by atoms with Gasteiger partial charge in [0.25, 0.3) is 0 Å². The van der Waals surface area contributed by atoms with Crippen LogP contribution in [0.3, 0.4) is 0 Å². The van der Waals surface area contributed by atoms with Gasteiger partial charge in [-0.1, -0.05) is 51.1 Å². The van der Waals surface area contributed by atoms with E-state index in [-0.39, 0.29) is 17.1 Å². The minimum absolute atomic E-state index is 0.156. The number of amides is 1. The number of para-hydroxylation sites is 1. The summed E-state index contributed by atoms with van der Waals surface area (Å²) in [5.41, 5.74) is 2.20. The highest BCUT2D eigenvalue weighted by molar-refractivity contribution is 6.01. The fourth-order valence-electron chi connectivity index (χ4n) is 2.55. The summed E-state index contributed by atoms with van der Waals surface area (Å²) in [4.78, 5) is 12.4. The SMILES string of the molecule is CC(C)(C)c1cc(NC(=O)/C=C/c2cccc(F)c2)n(-c2ccccc2)n1. The number of anilines is 1. The molecule has 0 spiro atoms. The molecular weight excluding hydrogens is 341 g/mol. The van der Waals surface area contributed by atoms with E-state index in [1.165, 1.54) is 18.2 Å². The Morgan fingerprint density at radius 1 is 1.07 bits per heavy atom. The van der Waals surface area contributed by atoms with E-state index in [1.54, 1.807) is 22.9 Å². The Kier molecular flexibility index (Phi) is 5.21. The number of halogens is 1. The van der Waals surface area contributed by atoms with Crippen molar-refractivity contribution in [1.82, 2.24) is 9.78 Å². The van der Waals surface area contributed by atoms with Crippen LogP contribution in [0.5, 0.6) is 0 Å². The van der Waals surface area contributed by atoms with Crippen molar-refractivity contribution in [2.45, 2.75) is 26.2 Å². The van der Waals surface area contributed by atoms with Gasteiger partial charge in [0.1, 0.15) is 11.6 Å². The lowest BCUT2D eigenvalue weighted by Crippen LogP contribution is -2.13. The second-order valence-corrected chi connectivity index (χ2v) is 7.29. The van der Waals surface area contributed by atoms with E-state index in [1.807, 2.05) is 36.4 Å². The third-order valence-electron chi connectivity index (χ3n) is 4.01. The van der Waals surface area contributed by atoms with Crippen molar-refractivity contribution in [3.63, 3.8) is 0 Å². The summed E-state index contributed by atoms with van der Waals surface area (Å²) in [6.07, 6.45) is 2.96. The summed E-state index contributed by atoms with van der Waals surface area (Å²) in [6, 6.07) is 17.6. The number of hydrogen-bond donors (Lipinski definition) is 1. The zero-order chi connectivity index (χ0) is 19.4. The standard InChI is InChI=1S/C22H22FN3O/c1-22(2,3)19-15-20(26(25-19)18-10-5-4-6-11-18)24-21(27)13-12-16-8-7-9-17(23)14-16/h4-15H,1-3H3,(H,24,27)/b13-12+. The van der Waals surface area contributed by atoms with Crippen LogP contribution >= 0.6 is 0 Å². The highest BCUT2D eigenvalue weighted by Gasteiger charge is 2.21. The normalized spacial score (nSPS) is 11.7. The van der Waals surface area contributed by atoms with Crippen molar-refractivity contribution in [2.24, 2.45) is 0 Å². The van der Waals surface area contributed by atoms with E-state index in [2.05, 4.69) is 31.2 Å². The summed E-state index contributed by atoms with van der Waals surface area (Å²) in [5.74, 6) is -0.0636. The molecule has 0 aliphatic heterocycles. The van der Waals surface area contributed by atoms with Gasteiger partial charge < -0.3 is 5.32 Å². The van der Waals surface area contributed by atoms with Crippen LogP contribution in [0.4, 0.5) is 10.2 Å². The molecule has 27 heavy (non-hydrogen) atoms. The number of benzene rings is 2. The van der Waals surface area contributed by atoms with Crippen LogP contribution in [0.1, 0.15) is 32.0 Å². The fourth-order valence-corrected chi connectivity index (χ4v) is 2.55. The Hall–Kier alpha value is -3.21. The van der Waals surface area contributed by atoms with Crippen molar-refractivity contribution in [2.75, 3.05) is 5.32 Å². The molecule has 5 heteroatoms. The van der Waals surface area contributed by atoms with Gasteiger partial charge in [0.15, 0.2) is 0 Å². The smallest absolute Gasteiger partial charge is 0.249 e. The maximum atomic E-state index is 13.2. The van der Waals surface area contributed by atoms with Crippen molar-refractivity contribution in [3.05, 3.63) is 83.8 Å². The minimum Gasteiger partial charge on any atom is -0.307 e. The molecule has 1 heterocycles. The van der Waals surface area contributed by atoms with Gasteiger partial charge in [-0.25, -0.2) is 9.07 Å². The molecule has 138 valence electrons. The largest absolute Gasteiger partial charge is 0.307 e. The van der Waals surface area contributed by atoms with E-state index in [0.29, 0.717) is 11.4 Å². The Balaban J connectivity index is 1.87. The van der Waals surface area contributed by atoms with E-state index in [9.17, 15) is 9.18 Å². The van der Waals surface area contributed by atoms with Crippen molar-refractivity contribution < 1.29 is 9.18 Å². The van der Waals surface area contributed by atoms with Crippen LogP contribution in [0.2, 0.25) is 0 Å². The summed E-state index contributed by atoms with van der Waals surface area (Å²) < 4.78 is 15.0. The van der Waals surface area contributed by atoms with Crippen molar-refractivity contribution in [1.29, 1.82) is 0 Å². The molecule has 0 aliphatic carbocycles. The second kappa shape index (κ2) is 7.58. The van der Waals surface area contributed by atoms with Crippen LogP contribution in [0.25, 0.3) is 11.8 Å². The van der Waals surface area contributed by atoms with Gasteiger partial charge in [-0.15, -0.1) is 0 Å². The fraction of sp³-hybridized carbons (Fsp3) is 0.182. The first-order chi connectivity index (χ1) is 12.8. The lowest BCUT2D eigenvalue weighted by molar-refractivity contribution is -0.111. The average molecular weight is 363 g/mol. The monoisotopic (exact) mass is 363 g/mol. The third kappa shape index (κ3) is 4.70. The molecule has 0 aliphatic rings.